The first-order chi connectivity index (χ1) is 5.01. The van der Waals surface area contributed by atoms with E-state index in [-0.39, 0.29) is 5.41 Å². The normalized spacial score (nSPS) is 31.7. The number of halogens is 1. The van der Waals surface area contributed by atoms with Crippen molar-refractivity contribution in [1.29, 1.82) is 0 Å². The third-order valence-corrected chi connectivity index (χ3v) is 2.59. The van der Waals surface area contributed by atoms with Gasteiger partial charge in [-0.3, -0.25) is 0 Å². The molecule has 1 nitrogen and oxygen atoms in total. The Kier molecular flexibility index (Phi) is 1.78. The van der Waals surface area contributed by atoms with Crippen LogP contribution >= 0.6 is 0 Å². The molecule has 1 fully saturated rings. The average Bonchev–Trinajstić information content (AvgIpc) is 2.17. The van der Waals surface area contributed by atoms with Gasteiger partial charge < -0.3 is 0 Å². The van der Waals surface area contributed by atoms with Gasteiger partial charge in [0.15, 0.2) is 0 Å². The monoisotopic (exact) mass is 155 g/mol. The molecule has 62 valence electrons. The molecule has 1 atom stereocenters. The number of hydrogen-bond acceptors (Lipinski definition) is 1. The summed E-state index contributed by atoms with van der Waals surface area (Å²) < 4.78 is 13.0. The van der Waals surface area contributed by atoms with E-state index in [0.29, 0.717) is 22.9 Å². The van der Waals surface area contributed by atoms with Gasteiger partial charge >= 0.3 is 0 Å². The van der Waals surface area contributed by atoms with E-state index in [4.69, 9.17) is 0 Å². The predicted octanol–water partition coefficient (Wildman–Crippen LogP) is 3.02. The molecule has 0 aromatic carbocycles. The third kappa shape index (κ3) is 1.06. The maximum Gasteiger partial charge on any atom is 0.0507 e. The summed E-state index contributed by atoms with van der Waals surface area (Å²) in [7, 11) is 0. The molecular weight excluding hydrogens is 141 g/mol. The van der Waals surface area contributed by atoms with Gasteiger partial charge in [0, 0.05) is 17.5 Å². The van der Waals surface area contributed by atoms with Crippen molar-refractivity contribution in [3.63, 3.8) is 0 Å². The summed E-state index contributed by atoms with van der Waals surface area (Å²) >= 11 is 0. The average molecular weight is 155 g/mol. The second-order valence-corrected chi connectivity index (χ2v) is 3.38. The van der Waals surface area contributed by atoms with Crippen LogP contribution in [0.25, 0.3) is 0 Å². The van der Waals surface area contributed by atoms with Crippen molar-refractivity contribution in [2.75, 3.05) is 0 Å². The van der Waals surface area contributed by atoms with Gasteiger partial charge in [-0.25, -0.2) is 0 Å². The van der Waals surface area contributed by atoms with Crippen LogP contribution in [-0.4, -0.2) is 5.12 Å². The lowest BCUT2D eigenvalue weighted by Gasteiger charge is -2.21. The highest BCUT2D eigenvalue weighted by Crippen LogP contribution is 2.46. The summed E-state index contributed by atoms with van der Waals surface area (Å²) in [6.07, 6.45) is 1.60. The number of rotatable bonds is 1. The Balaban J connectivity index is 2.91. The molecular formula is C9H14FN. The molecule has 0 bridgehead atoms. The zero-order valence-electron chi connectivity index (χ0n) is 7.15. The van der Waals surface area contributed by atoms with E-state index in [2.05, 4.69) is 13.2 Å². The van der Waals surface area contributed by atoms with E-state index in [1.165, 1.54) is 0 Å². The fourth-order valence-corrected chi connectivity index (χ4v) is 1.38. The van der Waals surface area contributed by atoms with Gasteiger partial charge in [0.25, 0.3) is 0 Å². The lowest BCUT2D eigenvalue weighted by atomic mass is 9.84. The number of hydrogen-bond donors (Lipinski definition) is 0. The summed E-state index contributed by atoms with van der Waals surface area (Å²) in [5.41, 5.74) is 0.968. The smallest absolute Gasteiger partial charge is 0.0507 e. The van der Waals surface area contributed by atoms with Crippen molar-refractivity contribution < 1.29 is 4.48 Å². The van der Waals surface area contributed by atoms with Gasteiger partial charge in [-0.2, -0.15) is 5.12 Å². The fraction of sp³-hybridized carbons (Fsp3) is 0.556. The van der Waals surface area contributed by atoms with Crippen molar-refractivity contribution in [2.45, 2.75) is 26.7 Å². The summed E-state index contributed by atoms with van der Waals surface area (Å²) in [4.78, 5) is 0. The Morgan fingerprint density at radius 2 is 2.18 bits per heavy atom. The van der Waals surface area contributed by atoms with Crippen LogP contribution in [-0.2, 0) is 0 Å². The van der Waals surface area contributed by atoms with Crippen LogP contribution in [0.5, 0.6) is 0 Å². The van der Waals surface area contributed by atoms with E-state index in [1.54, 1.807) is 0 Å². The Hall–Kier alpha value is -0.790. The first kappa shape index (κ1) is 8.31. The summed E-state index contributed by atoms with van der Waals surface area (Å²) in [6.45, 7) is 11.4. The highest BCUT2D eigenvalue weighted by molar-refractivity contribution is 5.22. The molecule has 0 spiro atoms. The summed E-state index contributed by atoms with van der Waals surface area (Å²) in [6, 6.07) is 0. The molecule has 0 amide bonds. The summed E-state index contributed by atoms with van der Waals surface area (Å²) in [5, 5.41) is 0.615. The molecule has 0 radical (unpaired) electrons. The van der Waals surface area contributed by atoms with Crippen LogP contribution in [0.15, 0.2) is 24.6 Å². The van der Waals surface area contributed by atoms with Gasteiger partial charge in [-0.1, -0.05) is 31.5 Å². The fourth-order valence-electron chi connectivity index (χ4n) is 1.38. The molecule has 1 saturated heterocycles. The van der Waals surface area contributed by atoms with Crippen molar-refractivity contribution >= 4 is 0 Å². The lowest BCUT2D eigenvalue weighted by molar-refractivity contribution is 0.122. The third-order valence-electron chi connectivity index (χ3n) is 2.59. The van der Waals surface area contributed by atoms with Crippen LogP contribution in [0.2, 0.25) is 0 Å². The molecule has 1 aliphatic rings. The minimum Gasteiger partial charge on any atom is -0.189 e. The van der Waals surface area contributed by atoms with Crippen LogP contribution in [0.4, 0.5) is 4.48 Å². The molecule has 0 aliphatic carbocycles. The zero-order chi connectivity index (χ0) is 8.65. The molecule has 0 aromatic heterocycles. The minimum absolute atomic E-state index is 0.105. The largest absolute Gasteiger partial charge is 0.189 e. The maximum absolute atomic E-state index is 13.0. The van der Waals surface area contributed by atoms with E-state index in [9.17, 15) is 4.48 Å². The minimum atomic E-state index is -0.105. The maximum atomic E-state index is 13.0. The van der Waals surface area contributed by atoms with Crippen molar-refractivity contribution in [2.24, 2.45) is 5.41 Å². The quantitative estimate of drug-likeness (QED) is 0.526. The molecule has 1 aliphatic heterocycles. The highest BCUT2D eigenvalue weighted by atomic mass is 19.2. The van der Waals surface area contributed by atoms with Crippen LogP contribution in [0.1, 0.15) is 26.7 Å². The topological polar surface area (TPSA) is 3.24 Å². The summed E-state index contributed by atoms with van der Waals surface area (Å²) in [5.74, 6) is 0. The van der Waals surface area contributed by atoms with E-state index in [0.717, 1.165) is 6.42 Å². The lowest BCUT2D eigenvalue weighted by Crippen LogP contribution is -2.14. The van der Waals surface area contributed by atoms with Gasteiger partial charge in [0.05, 0.1) is 5.70 Å². The van der Waals surface area contributed by atoms with Gasteiger partial charge in [0.2, 0.25) is 0 Å². The van der Waals surface area contributed by atoms with Crippen molar-refractivity contribution in [3.8, 4) is 0 Å². The Morgan fingerprint density at radius 3 is 2.36 bits per heavy atom. The molecule has 1 rings (SSSR count). The van der Waals surface area contributed by atoms with Crippen LogP contribution in [0.3, 0.4) is 0 Å². The molecule has 11 heavy (non-hydrogen) atoms. The molecule has 1 unspecified atom stereocenters. The Labute approximate surface area is 67.1 Å². The van der Waals surface area contributed by atoms with Crippen molar-refractivity contribution in [3.05, 3.63) is 24.6 Å². The van der Waals surface area contributed by atoms with Gasteiger partial charge in [0.1, 0.15) is 0 Å². The van der Waals surface area contributed by atoms with Crippen LogP contribution in [0, 0.1) is 5.41 Å². The second kappa shape index (κ2) is 2.36. The SMILES string of the molecule is C=C1CC(C)(CC)C(=C)N1F. The van der Waals surface area contributed by atoms with Gasteiger partial charge in [-0.15, -0.1) is 0 Å². The van der Waals surface area contributed by atoms with E-state index < -0.39 is 0 Å². The molecule has 0 N–H and O–H groups in total. The molecule has 1 heterocycles. The zero-order valence-corrected chi connectivity index (χ0v) is 7.15. The van der Waals surface area contributed by atoms with Gasteiger partial charge in [-0.05, 0) is 6.42 Å². The van der Waals surface area contributed by atoms with E-state index in [1.807, 2.05) is 13.8 Å². The number of allylic oxidation sites excluding steroid dienone is 2. The van der Waals surface area contributed by atoms with Crippen LogP contribution < -0.4 is 0 Å². The highest BCUT2D eigenvalue weighted by Gasteiger charge is 2.38. The number of nitrogens with zero attached hydrogens (tertiary/aromatic N) is 1. The van der Waals surface area contributed by atoms with Crippen molar-refractivity contribution in [1.82, 2.24) is 5.12 Å². The predicted molar refractivity (Wildman–Crippen MR) is 44.2 cm³/mol. The molecule has 0 saturated carbocycles. The molecule has 0 aromatic rings. The Morgan fingerprint density at radius 1 is 1.64 bits per heavy atom. The first-order valence-electron chi connectivity index (χ1n) is 3.84. The first-order valence-corrected chi connectivity index (χ1v) is 3.84. The standard InChI is InChI=1S/C9H14FN/c1-5-9(4)6-7(2)11(10)8(9)3/h2-3,5-6H2,1,4H3. The second-order valence-electron chi connectivity index (χ2n) is 3.38. The Bertz CT molecular complexity index is 210. The van der Waals surface area contributed by atoms with E-state index >= 15 is 0 Å². The molecule has 2 heteroatoms.